The van der Waals surface area contributed by atoms with Crippen LogP contribution in [0.15, 0.2) is 24.3 Å². The highest BCUT2D eigenvalue weighted by molar-refractivity contribution is 5.82. The molecule has 0 bridgehead atoms. The van der Waals surface area contributed by atoms with E-state index in [4.69, 9.17) is 9.47 Å². The summed E-state index contributed by atoms with van der Waals surface area (Å²) in [5.41, 5.74) is 0. The zero-order chi connectivity index (χ0) is 32.2. The van der Waals surface area contributed by atoms with Gasteiger partial charge in [-0.05, 0) is 25.7 Å². The lowest BCUT2D eigenvalue weighted by atomic mass is 10.0. The van der Waals surface area contributed by atoms with E-state index in [0.717, 1.165) is 25.7 Å². The van der Waals surface area contributed by atoms with Gasteiger partial charge in [-0.1, -0.05) is 180 Å². The Kier molecular flexibility index (Phi) is 34.5. The standard InChI is InChI=1S/C39H72O5/c1-3-5-7-9-11-13-15-17-19-21-23-25-27-29-31-33-38(41)43-36-37(35-40)44-39(42)34-32-30-28-26-24-22-20-18-16-14-12-10-8-6-4-2/h31-34,37,40H,3-30,35-36H2,1-2H3/b33-31+,34-32+. The van der Waals surface area contributed by atoms with E-state index in [2.05, 4.69) is 13.8 Å². The number of unbranched alkanes of at least 4 members (excludes halogenated alkanes) is 26. The molecule has 5 heteroatoms. The van der Waals surface area contributed by atoms with Crippen LogP contribution in [0.25, 0.3) is 0 Å². The second-order valence-corrected chi connectivity index (χ2v) is 12.7. The normalized spacial score (nSPS) is 12.3. The van der Waals surface area contributed by atoms with Crippen molar-refractivity contribution >= 4 is 11.9 Å². The van der Waals surface area contributed by atoms with Gasteiger partial charge in [-0.15, -0.1) is 0 Å². The third kappa shape index (κ3) is 33.3. The van der Waals surface area contributed by atoms with E-state index in [9.17, 15) is 14.7 Å². The van der Waals surface area contributed by atoms with Crippen LogP contribution in [0, 0.1) is 0 Å². The lowest BCUT2D eigenvalue weighted by Gasteiger charge is -2.13. The molecule has 0 heterocycles. The van der Waals surface area contributed by atoms with Crippen LogP contribution in [0.3, 0.4) is 0 Å². The first kappa shape index (κ1) is 42.4. The molecule has 0 rings (SSSR count). The van der Waals surface area contributed by atoms with Crippen LogP contribution >= 0.6 is 0 Å². The van der Waals surface area contributed by atoms with Gasteiger partial charge in [-0.2, -0.15) is 0 Å². The molecule has 0 aliphatic rings. The number of rotatable bonds is 34. The number of allylic oxidation sites excluding steroid dienone is 2. The maximum Gasteiger partial charge on any atom is 0.330 e. The highest BCUT2D eigenvalue weighted by Crippen LogP contribution is 2.14. The maximum absolute atomic E-state index is 12.0. The summed E-state index contributed by atoms with van der Waals surface area (Å²) in [5.74, 6) is -0.972. The molecule has 0 aromatic carbocycles. The topological polar surface area (TPSA) is 72.8 Å². The van der Waals surface area contributed by atoms with Crippen molar-refractivity contribution < 1.29 is 24.2 Å². The van der Waals surface area contributed by atoms with E-state index in [1.165, 1.54) is 166 Å². The number of aliphatic hydroxyl groups is 1. The lowest BCUT2D eigenvalue weighted by Crippen LogP contribution is -2.27. The number of ether oxygens (including phenoxy) is 2. The van der Waals surface area contributed by atoms with Crippen LogP contribution < -0.4 is 0 Å². The van der Waals surface area contributed by atoms with Crippen LogP contribution in [0.5, 0.6) is 0 Å². The van der Waals surface area contributed by atoms with E-state index >= 15 is 0 Å². The molecular weight excluding hydrogens is 548 g/mol. The minimum atomic E-state index is -0.845. The molecule has 0 saturated heterocycles. The number of aliphatic hydroxyl groups excluding tert-OH is 1. The van der Waals surface area contributed by atoms with E-state index < -0.39 is 18.0 Å². The second-order valence-electron chi connectivity index (χ2n) is 12.7. The predicted molar refractivity (Wildman–Crippen MR) is 187 cm³/mol. The Bertz CT molecular complexity index is 671. The SMILES string of the molecule is CCCCCCCCCCCCCCC/C=C/C(=O)OCC(CO)OC(=O)/C=C/CCCCCCCCCCCCCCC. The van der Waals surface area contributed by atoms with Gasteiger partial charge in [0.05, 0.1) is 6.61 Å². The third-order valence-corrected chi connectivity index (χ3v) is 8.35. The van der Waals surface area contributed by atoms with Crippen molar-refractivity contribution in [1.29, 1.82) is 0 Å². The molecule has 5 nitrogen and oxygen atoms in total. The van der Waals surface area contributed by atoms with Crippen molar-refractivity contribution in [3.63, 3.8) is 0 Å². The van der Waals surface area contributed by atoms with Crippen molar-refractivity contribution in [3.8, 4) is 0 Å². The zero-order valence-electron chi connectivity index (χ0n) is 29.2. The molecule has 0 fully saturated rings. The summed E-state index contributed by atoms with van der Waals surface area (Å²) in [6.07, 6.45) is 41.7. The Balaban J connectivity index is 3.63. The average Bonchev–Trinajstić information content (AvgIpc) is 3.02. The Morgan fingerprint density at radius 3 is 1.16 bits per heavy atom. The minimum Gasteiger partial charge on any atom is -0.458 e. The number of hydrogen-bond acceptors (Lipinski definition) is 5. The predicted octanol–water partition coefficient (Wildman–Crippen LogP) is 11.5. The van der Waals surface area contributed by atoms with Crippen LogP contribution in [0.4, 0.5) is 0 Å². The Hall–Kier alpha value is -1.62. The Morgan fingerprint density at radius 1 is 0.500 bits per heavy atom. The summed E-state index contributed by atoms with van der Waals surface area (Å²) in [7, 11) is 0. The number of esters is 2. The molecule has 0 amide bonds. The molecular formula is C39H72O5. The van der Waals surface area contributed by atoms with Crippen LogP contribution in [0.2, 0.25) is 0 Å². The van der Waals surface area contributed by atoms with Gasteiger partial charge in [0.1, 0.15) is 6.61 Å². The number of hydrogen-bond donors (Lipinski definition) is 1. The van der Waals surface area contributed by atoms with Gasteiger partial charge >= 0.3 is 11.9 Å². The summed E-state index contributed by atoms with van der Waals surface area (Å²) in [6.45, 7) is 4.01. The van der Waals surface area contributed by atoms with Crippen LogP contribution in [0.1, 0.15) is 194 Å². The van der Waals surface area contributed by atoms with Gasteiger partial charge in [0.25, 0.3) is 0 Å². The van der Waals surface area contributed by atoms with E-state index in [-0.39, 0.29) is 13.2 Å². The van der Waals surface area contributed by atoms with Gasteiger partial charge in [0.15, 0.2) is 6.10 Å². The summed E-state index contributed by atoms with van der Waals surface area (Å²) in [5, 5.41) is 9.50. The summed E-state index contributed by atoms with van der Waals surface area (Å²) in [4.78, 5) is 24.0. The minimum absolute atomic E-state index is 0.142. The van der Waals surface area contributed by atoms with Crippen molar-refractivity contribution in [1.82, 2.24) is 0 Å². The van der Waals surface area contributed by atoms with Crippen LogP contribution in [-0.4, -0.2) is 36.4 Å². The van der Waals surface area contributed by atoms with Crippen molar-refractivity contribution in [3.05, 3.63) is 24.3 Å². The molecule has 0 aromatic heterocycles. The van der Waals surface area contributed by atoms with Gasteiger partial charge in [-0.3, -0.25) is 0 Å². The molecule has 258 valence electrons. The van der Waals surface area contributed by atoms with Gasteiger partial charge in [-0.25, -0.2) is 9.59 Å². The van der Waals surface area contributed by atoms with Crippen molar-refractivity contribution in [2.45, 2.75) is 200 Å². The zero-order valence-corrected chi connectivity index (χ0v) is 29.2. The first-order valence-corrected chi connectivity index (χ1v) is 18.9. The Labute approximate surface area is 273 Å². The number of carbonyl (C=O) groups excluding carboxylic acids is 2. The highest BCUT2D eigenvalue weighted by atomic mass is 16.6. The van der Waals surface area contributed by atoms with Gasteiger partial charge in [0, 0.05) is 12.2 Å². The fourth-order valence-electron chi connectivity index (χ4n) is 5.47. The first-order valence-electron chi connectivity index (χ1n) is 18.9. The molecule has 1 N–H and O–H groups in total. The average molecular weight is 621 g/mol. The van der Waals surface area contributed by atoms with Crippen LogP contribution in [-0.2, 0) is 19.1 Å². The summed E-state index contributed by atoms with van der Waals surface area (Å²) >= 11 is 0. The van der Waals surface area contributed by atoms with Crippen molar-refractivity contribution in [2.75, 3.05) is 13.2 Å². The fourth-order valence-corrected chi connectivity index (χ4v) is 5.47. The largest absolute Gasteiger partial charge is 0.458 e. The maximum atomic E-state index is 12.0. The number of carbonyl (C=O) groups is 2. The summed E-state index contributed by atoms with van der Waals surface area (Å²) in [6, 6.07) is 0. The van der Waals surface area contributed by atoms with Crippen molar-refractivity contribution in [2.24, 2.45) is 0 Å². The molecule has 0 spiro atoms. The summed E-state index contributed by atoms with van der Waals surface area (Å²) < 4.78 is 10.4. The molecule has 0 aliphatic heterocycles. The third-order valence-electron chi connectivity index (χ3n) is 8.35. The van der Waals surface area contributed by atoms with E-state index in [0.29, 0.717) is 0 Å². The van der Waals surface area contributed by atoms with Gasteiger partial charge < -0.3 is 14.6 Å². The smallest absolute Gasteiger partial charge is 0.330 e. The molecule has 0 radical (unpaired) electrons. The second kappa shape index (κ2) is 35.9. The van der Waals surface area contributed by atoms with Gasteiger partial charge in [0.2, 0.25) is 0 Å². The quantitative estimate of drug-likeness (QED) is 0.0440. The fraction of sp³-hybridized carbons (Fsp3) is 0.846. The molecule has 44 heavy (non-hydrogen) atoms. The monoisotopic (exact) mass is 621 g/mol. The Morgan fingerprint density at radius 2 is 0.818 bits per heavy atom. The first-order chi connectivity index (χ1) is 21.6. The molecule has 0 aliphatic carbocycles. The highest BCUT2D eigenvalue weighted by Gasteiger charge is 2.13. The molecule has 0 saturated carbocycles. The van der Waals surface area contributed by atoms with E-state index in [1.54, 1.807) is 0 Å². The molecule has 0 aromatic rings. The molecule has 1 atom stereocenters. The lowest BCUT2D eigenvalue weighted by molar-refractivity contribution is -0.155. The molecule has 1 unspecified atom stereocenters. The van der Waals surface area contributed by atoms with E-state index in [1.807, 2.05) is 12.2 Å².